The van der Waals surface area contributed by atoms with Crippen LogP contribution < -0.4 is 10.6 Å². The number of likely N-dealkylation sites (N-methyl/N-ethyl adjacent to an activating group) is 1. The Morgan fingerprint density at radius 1 is 1.45 bits per heavy atom. The van der Waals surface area contributed by atoms with Crippen LogP contribution in [0.5, 0.6) is 0 Å². The largest absolute Gasteiger partial charge is 0.373 e. The number of hydrogen-bond donors (Lipinski definition) is 1. The van der Waals surface area contributed by atoms with E-state index < -0.39 is 5.91 Å². The molecule has 1 aromatic heterocycles. The molecule has 0 aliphatic carbocycles. The van der Waals surface area contributed by atoms with Gasteiger partial charge in [0.25, 0.3) is 5.91 Å². The number of nitrogens with zero attached hydrogens (tertiary/aromatic N) is 4. The first-order chi connectivity index (χ1) is 10.4. The third-order valence-electron chi connectivity index (χ3n) is 3.62. The molecule has 7 nitrogen and oxygen atoms in total. The molecular formula is C14H22ClN5O2. The van der Waals surface area contributed by atoms with Gasteiger partial charge in [-0.25, -0.2) is 0 Å². The molecule has 2 heterocycles. The predicted molar refractivity (Wildman–Crippen MR) is 85.3 cm³/mol. The first-order valence-electron chi connectivity index (χ1n) is 7.28. The van der Waals surface area contributed by atoms with Gasteiger partial charge >= 0.3 is 0 Å². The number of carbonyl (C=O) groups excluding carboxylic acids is 1. The van der Waals surface area contributed by atoms with Crippen molar-refractivity contribution in [2.75, 3.05) is 38.1 Å². The molecule has 0 saturated carbocycles. The van der Waals surface area contributed by atoms with Crippen LogP contribution in [0.2, 0.25) is 5.15 Å². The van der Waals surface area contributed by atoms with E-state index in [2.05, 4.69) is 28.9 Å². The van der Waals surface area contributed by atoms with Crippen molar-refractivity contribution in [3.8, 4) is 0 Å². The second-order valence-electron chi connectivity index (χ2n) is 5.71. The maximum atomic E-state index is 11.5. The molecule has 1 saturated heterocycles. The van der Waals surface area contributed by atoms with Crippen LogP contribution in [0.4, 0.5) is 5.82 Å². The lowest BCUT2D eigenvalue weighted by molar-refractivity contribution is -0.0670. The summed E-state index contributed by atoms with van der Waals surface area (Å²) in [5, 5.41) is 7.94. The summed E-state index contributed by atoms with van der Waals surface area (Å²) in [6.07, 6.45) is 0.455. The zero-order valence-electron chi connectivity index (χ0n) is 13.1. The van der Waals surface area contributed by atoms with E-state index in [0.717, 1.165) is 19.6 Å². The van der Waals surface area contributed by atoms with Crippen molar-refractivity contribution in [2.45, 2.75) is 26.1 Å². The highest BCUT2D eigenvalue weighted by Gasteiger charge is 2.23. The smallest absolute Gasteiger partial charge is 0.252 e. The number of primary amides is 1. The lowest BCUT2D eigenvalue weighted by Crippen LogP contribution is -2.47. The number of hydrogen-bond acceptors (Lipinski definition) is 6. The van der Waals surface area contributed by atoms with Crippen LogP contribution in [0.1, 0.15) is 24.2 Å². The van der Waals surface area contributed by atoms with E-state index in [-0.39, 0.29) is 22.9 Å². The number of morpholine rings is 1. The number of anilines is 1. The zero-order chi connectivity index (χ0) is 16.3. The van der Waals surface area contributed by atoms with E-state index in [1.54, 1.807) is 0 Å². The first kappa shape index (κ1) is 16.9. The minimum Gasteiger partial charge on any atom is -0.373 e. The number of ether oxygens (including phenoxy) is 1. The Balaban J connectivity index is 2.00. The second kappa shape index (κ2) is 7.21. The SMILES string of the molecule is C[C@@H]1CN(CCN(C)c2nnc(Cl)cc2C(N)=O)C[C@H](C)O1. The predicted octanol–water partition coefficient (Wildman–Crippen LogP) is 0.774. The van der Waals surface area contributed by atoms with Gasteiger partial charge in [-0.2, -0.15) is 0 Å². The first-order valence-corrected chi connectivity index (χ1v) is 7.66. The van der Waals surface area contributed by atoms with Gasteiger partial charge in [0.1, 0.15) is 0 Å². The summed E-state index contributed by atoms with van der Waals surface area (Å²) in [5.41, 5.74) is 5.66. The van der Waals surface area contributed by atoms with Crippen LogP contribution in [-0.4, -0.2) is 66.4 Å². The third kappa shape index (κ3) is 4.28. The molecule has 1 aliphatic heterocycles. The maximum Gasteiger partial charge on any atom is 0.252 e. The Hall–Kier alpha value is -1.44. The molecule has 1 fully saturated rings. The standard InChI is InChI=1S/C14H22ClN5O2/c1-9-7-20(8-10(2)22-9)5-4-19(3)14-11(13(16)21)6-12(15)17-18-14/h6,9-10H,4-5,7-8H2,1-3H3,(H2,16,21)/t9-,10+. The lowest BCUT2D eigenvalue weighted by Gasteiger charge is -2.36. The minimum absolute atomic E-state index is 0.154. The highest BCUT2D eigenvalue weighted by Crippen LogP contribution is 2.18. The molecule has 1 aromatic rings. The fourth-order valence-corrected chi connectivity index (χ4v) is 2.84. The van der Waals surface area contributed by atoms with Crippen molar-refractivity contribution in [1.82, 2.24) is 15.1 Å². The number of amides is 1. The summed E-state index contributed by atoms with van der Waals surface area (Å²) in [4.78, 5) is 15.7. The summed E-state index contributed by atoms with van der Waals surface area (Å²) in [7, 11) is 1.86. The van der Waals surface area contributed by atoms with Gasteiger partial charge in [-0.05, 0) is 19.9 Å². The van der Waals surface area contributed by atoms with E-state index >= 15 is 0 Å². The molecule has 22 heavy (non-hydrogen) atoms. The third-order valence-corrected chi connectivity index (χ3v) is 3.80. The number of aromatic nitrogens is 2. The molecule has 122 valence electrons. The zero-order valence-corrected chi connectivity index (χ0v) is 13.9. The topological polar surface area (TPSA) is 84.6 Å². The van der Waals surface area contributed by atoms with Crippen LogP contribution in [-0.2, 0) is 4.74 Å². The molecule has 2 atom stereocenters. The van der Waals surface area contributed by atoms with Crippen molar-refractivity contribution in [3.05, 3.63) is 16.8 Å². The summed E-state index contributed by atoms with van der Waals surface area (Å²) < 4.78 is 5.72. The summed E-state index contributed by atoms with van der Waals surface area (Å²) in [6.45, 7) is 7.48. The quantitative estimate of drug-likeness (QED) is 0.860. The van der Waals surface area contributed by atoms with Crippen molar-refractivity contribution in [3.63, 3.8) is 0 Å². The Morgan fingerprint density at radius 3 is 2.68 bits per heavy atom. The Kier molecular flexibility index (Phi) is 5.55. The highest BCUT2D eigenvalue weighted by atomic mass is 35.5. The summed E-state index contributed by atoms with van der Waals surface area (Å²) in [6, 6.07) is 1.45. The maximum absolute atomic E-state index is 11.5. The molecule has 8 heteroatoms. The van der Waals surface area contributed by atoms with Gasteiger partial charge in [0, 0.05) is 33.2 Å². The summed E-state index contributed by atoms with van der Waals surface area (Å²) in [5.74, 6) is -0.112. The molecule has 2 N–H and O–H groups in total. The molecule has 0 unspecified atom stereocenters. The van der Waals surface area contributed by atoms with Crippen molar-refractivity contribution in [1.29, 1.82) is 0 Å². The van der Waals surface area contributed by atoms with E-state index in [0.29, 0.717) is 12.4 Å². The minimum atomic E-state index is -0.563. The second-order valence-corrected chi connectivity index (χ2v) is 6.09. The average molecular weight is 328 g/mol. The number of carbonyl (C=O) groups is 1. The van der Waals surface area contributed by atoms with Crippen LogP contribution in [0.25, 0.3) is 0 Å². The molecular weight excluding hydrogens is 306 g/mol. The Morgan fingerprint density at radius 2 is 2.09 bits per heavy atom. The van der Waals surface area contributed by atoms with Gasteiger partial charge in [0.2, 0.25) is 0 Å². The molecule has 0 bridgehead atoms. The molecule has 0 radical (unpaired) electrons. The van der Waals surface area contributed by atoms with E-state index in [4.69, 9.17) is 22.1 Å². The van der Waals surface area contributed by atoms with Crippen molar-refractivity contribution in [2.24, 2.45) is 5.73 Å². The van der Waals surface area contributed by atoms with Crippen LogP contribution in [0, 0.1) is 0 Å². The van der Waals surface area contributed by atoms with E-state index in [1.807, 2.05) is 11.9 Å². The Labute approximate surface area is 135 Å². The van der Waals surface area contributed by atoms with Gasteiger partial charge in [0.05, 0.1) is 17.8 Å². The lowest BCUT2D eigenvalue weighted by atomic mass is 10.2. The fourth-order valence-electron chi connectivity index (χ4n) is 2.69. The molecule has 0 aromatic carbocycles. The van der Waals surface area contributed by atoms with E-state index in [9.17, 15) is 4.79 Å². The molecule has 1 aliphatic rings. The van der Waals surface area contributed by atoms with Crippen LogP contribution in [0.3, 0.4) is 0 Å². The van der Waals surface area contributed by atoms with Gasteiger partial charge in [-0.3, -0.25) is 9.69 Å². The monoisotopic (exact) mass is 327 g/mol. The average Bonchev–Trinajstić information content (AvgIpc) is 2.43. The number of rotatable bonds is 5. The van der Waals surface area contributed by atoms with Crippen molar-refractivity contribution < 1.29 is 9.53 Å². The van der Waals surface area contributed by atoms with Crippen LogP contribution >= 0.6 is 11.6 Å². The number of halogens is 1. The highest BCUT2D eigenvalue weighted by molar-refractivity contribution is 6.29. The molecule has 1 amide bonds. The van der Waals surface area contributed by atoms with Crippen molar-refractivity contribution >= 4 is 23.3 Å². The fraction of sp³-hybridized carbons (Fsp3) is 0.643. The molecule has 2 rings (SSSR count). The van der Waals surface area contributed by atoms with E-state index in [1.165, 1.54) is 6.07 Å². The van der Waals surface area contributed by atoms with Gasteiger partial charge in [0.15, 0.2) is 11.0 Å². The number of nitrogens with two attached hydrogens (primary N) is 1. The molecule has 0 spiro atoms. The van der Waals surface area contributed by atoms with Crippen LogP contribution in [0.15, 0.2) is 6.07 Å². The normalized spacial score (nSPS) is 22.5. The van der Waals surface area contributed by atoms with Gasteiger partial charge < -0.3 is 15.4 Å². The van der Waals surface area contributed by atoms with Gasteiger partial charge in [-0.15, -0.1) is 10.2 Å². The Bertz CT molecular complexity index is 532. The van der Waals surface area contributed by atoms with Gasteiger partial charge in [-0.1, -0.05) is 11.6 Å². The summed E-state index contributed by atoms with van der Waals surface area (Å²) >= 11 is 5.77.